The zero-order chi connectivity index (χ0) is 15.6. The Kier molecular flexibility index (Phi) is 4.21. The highest BCUT2D eigenvalue weighted by molar-refractivity contribution is 6.30. The molecule has 1 heterocycles. The van der Waals surface area contributed by atoms with E-state index in [0.29, 0.717) is 10.0 Å². The average Bonchev–Trinajstić information content (AvgIpc) is 2.56. The van der Waals surface area contributed by atoms with Crippen LogP contribution >= 0.6 is 23.2 Å². The Balaban J connectivity index is 2.21. The summed E-state index contributed by atoms with van der Waals surface area (Å²) in [5, 5.41) is 11.1. The second-order valence-corrected chi connectivity index (χ2v) is 5.79. The fraction of sp³-hybridized carbons (Fsp3) is 0.118. The smallest absolute Gasteiger partial charge is 0.185 e. The van der Waals surface area contributed by atoms with Gasteiger partial charge in [-0.3, -0.25) is 4.99 Å². The molecule has 112 valence electrons. The first kappa shape index (κ1) is 15.1. The molecule has 0 unspecified atom stereocenters. The van der Waals surface area contributed by atoms with Crippen molar-refractivity contribution in [2.24, 2.45) is 4.99 Å². The van der Waals surface area contributed by atoms with Crippen LogP contribution in [-0.2, 0) is 5.66 Å². The lowest BCUT2D eigenvalue weighted by atomic mass is 9.89. The highest BCUT2D eigenvalue weighted by Gasteiger charge is 2.39. The number of nitrogens with zero attached hydrogens (tertiary/aromatic N) is 2. The molecule has 3 nitrogen and oxygen atoms in total. The number of allylic oxidation sites excluding steroid dienone is 1. The topological polar surface area (TPSA) is 35.8 Å². The van der Waals surface area contributed by atoms with E-state index in [0.717, 1.165) is 11.1 Å². The number of benzene rings is 2. The van der Waals surface area contributed by atoms with Crippen LogP contribution < -0.4 is 0 Å². The van der Waals surface area contributed by atoms with Gasteiger partial charge in [-0.15, -0.1) is 0 Å². The number of rotatable bonds is 3. The molecule has 5 heteroatoms. The van der Waals surface area contributed by atoms with E-state index in [-0.39, 0.29) is 6.73 Å². The molecular weight excluding hydrogens is 319 g/mol. The van der Waals surface area contributed by atoms with Crippen molar-refractivity contribution in [2.75, 3.05) is 6.73 Å². The molecule has 3 rings (SSSR count). The van der Waals surface area contributed by atoms with Gasteiger partial charge in [0.1, 0.15) is 6.73 Å². The lowest BCUT2D eigenvalue weighted by molar-refractivity contribution is 0.0725. The summed E-state index contributed by atoms with van der Waals surface area (Å²) in [6.07, 6.45) is 5.34. The standard InChI is InChI=1S/C17H14Cl2N2O/c18-15-6-2-13(3-7-15)17(14-4-8-16(19)9-5-14)20-10-1-11-21(17)12-22/h1-11,22H,12H2. The second-order valence-electron chi connectivity index (χ2n) is 4.92. The van der Waals surface area contributed by atoms with E-state index in [1.165, 1.54) is 0 Å². The quantitative estimate of drug-likeness (QED) is 0.920. The Hall–Kier alpha value is -1.81. The molecule has 0 spiro atoms. The SMILES string of the molecule is OCN1C=CC=NC1(c1ccc(Cl)cc1)c1ccc(Cl)cc1. The molecule has 22 heavy (non-hydrogen) atoms. The number of aliphatic hydroxyl groups is 1. The summed E-state index contributed by atoms with van der Waals surface area (Å²) in [7, 11) is 0. The van der Waals surface area contributed by atoms with Crippen LogP contribution in [-0.4, -0.2) is 23.0 Å². The third kappa shape index (κ3) is 2.52. The Morgan fingerprint density at radius 2 is 1.41 bits per heavy atom. The molecule has 0 saturated carbocycles. The van der Waals surface area contributed by atoms with E-state index >= 15 is 0 Å². The fourth-order valence-corrected chi connectivity index (χ4v) is 2.89. The monoisotopic (exact) mass is 332 g/mol. The third-order valence-corrected chi connectivity index (χ3v) is 4.18. The van der Waals surface area contributed by atoms with Crippen LogP contribution in [0, 0.1) is 0 Å². The van der Waals surface area contributed by atoms with Crippen molar-refractivity contribution in [1.29, 1.82) is 0 Å². The molecule has 0 saturated heterocycles. The number of aliphatic hydroxyl groups excluding tert-OH is 1. The van der Waals surface area contributed by atoms with E-state index < -0.39 is 5.66 Å². The van der Waals surface area contributed by atoms with Gasteiger partial charge in [0.2, 0.25) is 0 Å². The number of hydrogen-bond donors (Lipinski definition) is 1. The van der Waals surface area contributed by atoms with Gasteiger partial charge < -0.3 is 10.0 Å². The van der Waals surface area contributed by atoms with Gasteiger partial charge in [0, 0.05) is 33.6 Å². The summed E-state index contributed by atoms with van der Waals surface area (Å²) in [4.78, 5) is 6.44. The lowest BCUT2D eigenvalue weighted by Crippen LogP contribution is -2.44. The van der Waals surface area contributed by atoms with Gasteiger partial charge >= 0.3 is 0 Å². The molecule has 0 bridgehead atoms. The van der Waals surface area contributed by atoms with Crippen LogP contribution in [0.4, 0.5) is 0 Å². The van der Waals surface area contributed by atoms with Crippen LogP contribution in [0.5, 0.6) is 0 Å². The second kappa shape index (κ2) is 6.13. The van der Waals surface area contributed by atoms with Gasteiger partial charge in [-0.2, -0.15) is 0 Å². The summed E-state index contributed by atoms with van der Waals surface area (Å²) in [5.74, 6) is 0. The largest absolute Gasteiger partial charge is 0.376 e. The van der Waals surface area contributed by atoms with Crippen LogP contribution in [0.2, 0.25) is 10.0 Å². The van der Waals surface area contributed by atoms with Crippen molar-refractivity contribution < 1.29 is 5.11 Å². The van der Waals surface area contributed by atoms with Crippen molar-refractivity contribution in [3.05, 3.63) is 82.0 Å². The third-order valence-electron chi connectivity index (χ3n) is 3.67. The summed E-state index contributed by atoms with van der Waals surface area (Å²) in [6.45, 7) is -0.168. The van der Waals surface area contributed by atoms with Gasteiger partial charge in [0.05, 0.1) is 0 Å². The number of hydrogen-bond acceptors (Lipinski definition) is 3. The van der Waals surface area contributed by atoms with Crippen LogP contribution in [0.1, 0.15) is 11.1 Å². The minimum atomic E-state index is -0.835. The lowest BCUT2D eigenvalue weighted by Gasteiger charge is -2.41. The Morgan fingerprint density at radius 1 is 0.909 bits per heavy atom. The van der Waals surface area contributed by atoms with Crippen molar-refractivity contribution in [1.82, 2.24) is 4.90 Å². The predicted octanol–water partition coefficient (Wildman–Crippen LogP) is 4.04. The molecule has 0 atom stereocenters. The van der Waals surface area contributed by atoms with E-state index in [9.17, 15) is 5.11 Å². The maximum absolute atomic E-state index is 9.81. The number of aliphatic imine (C=N–C) groups is 1. The maximum Gasteiger partial charge on any atom is 0.185 e. The van der Waals surface area contributed by atoms with Crippen molar-refractivity contribution >= 4 is 29.4 Å². The molecule has 0 radical (unpaired) electrons. The first-order chi connectivity index (χ1) is 10.7. The molecule has 0 fully saturated rings. The van der Waals surface area contributed by atoms with E-state index in [2.05, 4.69) is 4.99 Å². The molecule has 1 aliphatic heterocycles. The summed E-state index contributed by atoms with van der Waals surface area (Å²) in [6, 6.07) is 14.9. The van der Waals surface area contributed by atoms with Gasteiger partial charge in [-0.1, -0.05) is 47.5 Å². The highest BCUT2D eigenvalue weighted by atomic mass is 35.5. The molecule has 1 N–H and O–H groups in total. The van der Waals surface area contributed by atoms with Crippen LogP contribution in [0.25, 0.3) is 0 Å². The minimum absolute atomic E-state index is 0.168. The van der Waals surface area contributed by atoms with Crippen LogP contribution in [0.3, 0.4) is 0 Å². The number of halogens is 2. The van der Waals surface area contributed by atoms with Gasteiger partial charge in [-0.05, 0) is 30.3 Å². The average molecular weight is 333 g/mol. The molecule has 0 amide bonds. The minimum Gasteiger partial charge on any atom is -0.376 e. The molecular formula is C17H14Cl2N2O. The maximum atomic E-state index is 9.81. The van der Waals surface area contributed by atoms with Gasteiger partial charge in [0.15, 0.2) is 5.66 Å². The van der Waals surface area contributed by atoms with Crippen molar-refractivity contribution in [3.8, 4) is 0 Å². The summed E-state index contributed by atoms with van der Waals surface area (Å²) < 4.78 is 0. The van der Waals surface area contributed by atoms with Gasteiger partial charge in [-0.25, -0.2) is 0 Å². The van der Waals surface area contributed by atoms with E-state index in [1.807, 2.05) is 54.7 Å². The Bertz CT molecular complexity index is 663. The normalized spacial score (nSPS) is 16.0. The van der Waals surface area contributed by atoms with Crippen LogP contribution in [0.15, 0.2) is 65.8 Å². The molecule has 1 aliphatic rings. The van der Waals surface area contributed by atoms with E-state index in [1.54, 1.807) is 17.2 Å². The van der Waals surface area contributed by atoms with Crippen molar-refractivity contribution in [2.45, 2.75) is 5.66 Å². The molecule has 2 aromatic rings. The zero-order valence-electron chi connectivity index (χ0n) is 11.7. The Labute approximate surface area is 139 Å². The molecule has 0 aliphatic carbocycles. The zero-order valence-corrected chi connectivity index (χ0v) is 13.2. The first-order valence-corrected chi connectivity index (χ1v) is 7.54. The predicted molar refractivity (Wildman–Crippen MR) is 90.2 cm³/mol. The Morgan fingerprint density at radius 3 is 1.86 bits per heavy atom. The first-order valence-electron chi connectivity index (χ1n) is 6.78. The van der Waals surface area contributed by atoms with Crippen molar-refractivity contribution in [3.63, 3.8) is 0 Å². The van der Waals surface area contributed by atoms with Gasteiger partial charge in [0.25, 0.3) is 0 Å². The summed E-state index contributed by atoms with van der Waals surface area (Å²) >= 11 is 12.0. The molecule has 0 aromatic heterocycles. The highest BCUT2D eigenvalue weighted by Crippen LogP contribution is 2.39. The fourth-order valence-electron chi connectivity index (χ4n) is 2.64. The summed E-state index contributed by atoms with van der Waals surface area (Å²) in [5.41, 5.74) is 0.987. The van der Waals surface area contributed by atoms with E-state index in [4.69, 9.17) is 23.2 Å². The molecule has 2 aromatic carbocycles.